The van der Waals surface area contributed by atoms with Crippen molar-refractivity contribution in [2.75, 3.05) is 31.1 Å². The molecule has 1 fully saturated rings. The zero-order chi connectivity index (χ0) is 22.7. The van der Waals surface area contributed by atoms with E-state index in [9.17, 15) is 18.0 Å². The van der Waals surface area contributed by atoms with Gasteiger partial charge in [0.25, 0.3) is 5.91 Å². The molecule has 1 amide bonds. The van der Waals surface area contributed by atoms with Crippen LogP contribution in [-0.4, -0.2) is 51.9 Å². The normalized spacial score (nSPS) is 14.4. The predicted octanol–water partition coefficient (Wildman–Crippen LogP) is 3.95. The minimum absolute atomic E-state index is 0.128. The van der Waals surface area contributed by atoms with Crippen molar-refractivity contribution in [3.05, 3.63) is 71.8 Å². The highest BCUT2D eigenvalue weighted by Crippen LogP contribution is 2.28. The van der Waals surface area contributed by atoms with Crippen molar-refractivity contribution < 1.29 is 22.7 Å². The van der Waals surface area contributed by atoms with Gasteiger partial charge in [0.05, 0.1) is 5.56 Å². The van der Waals surface area contributed by atoms with E-state index in [2.05, 4.69) is 15.0 Å². The van der Waals surface area contributed by atoms with Crippen LogP contribution in [0.25, 0.3) is 0 Å². The largest absolute Gasteiger partial charge is 0.439 e. The van der Waals surface area contributed by atoms with Gasteiger partial charge < -0.3 is 14.5 Å². The molecule has 4 rings (SSSR count). The van der Waals surface area contributed by atoms with Gasteiger partial charge in [-0.3, -0.25) is 9.78 Å². The Kier molecular flexibility index (Phi) is 5.93. The lowest BCUT2D eigenvalue weighted by Gasteiger charge is -2.35. The molecular weight excluding hydrogens is 423 g/mol. The number of hydrogen-bond acceptors (Lipinski definition) is 6. The van der Waals surface area contributed by atoms with Crippen LogP contribution in [0.3, 0.4) is 0 Å². The number of para-hydroxylation sites is 1. The highest BCUT2D eigenvalue weighted by atomic mass is 19.4. The number of hydrogen-bond donors (Lipinski definition) is 0. The average molecular weight is 443 g/mol. The second kappa shape index (κ2) is 8.81. The number of nitrogens with zero attached hydrogens (tertiary/aromatic N) is 5. The van der Waals surface area contributed by atoms with Crippen molar-refractivity contribution in [2.45, 2.75) is 13.1 Å². The number of benzene rings is 1. The van der Waals surface area contributed by atoms with Gasteiger partial charge in [-0.1, -0.05) is 18.2 Å². The zero-order valence-corrected chi connectivity index (χ0v) is 17.2. The Morgan fingerprint density at radius 1 is 1.00 bits per heavy atom. The molecule has 7 nitrogen and oxygen atoms in total. The number of anilines is 1. The van der Waals surface area contributed by atoms with Crippen LogP contribution in [0.5, 0.6) is 11.6 Å². The van der Waals surface area contributed by atoms with E-state index in [1.165, 1.54) is 0 Å². The zero-order valence-electron chi connectivity index (χ0n) is 17.2. The first-order valence-electron chi connectivity index (χ1n) is 9.96. The van der Waals surface area contributed by atoms with Crippen LogP contribution in [-0.2, 0) is 6.18 Å². The number of alkyl halides is 3. The summed E-state index contributed by atoms with van der Waals surface area (Å²) < 4.78 is 43.8. The third kappa shape index (κ3) is 4.96. The van der Waals surface area contributed by atoms with E-state index in [0.717, 1.165) is 18.3 Å². The topological polar surface area (TPSA) is 71.5 Å². The number of piperazine rings is 1. The fraction of sp³-hybridized carbons (Fsp3) is 0.273. The summed E-state index contributed by atoms with van der Waals surface area (Å²) in [5.41, 5.74) is -0.894. The molecule has 0 atom stereocenters. The van der Waals surface area contributed by atoms with E-state index in [0.29, 0.717) is 49.5 Å². The lowest BCUT2D eigenvalue weighted by Crippen LogP contribution is -2.49. The monoisotopic (exact) mass is 443 g/mol. The maximum Gasteiger partial charge on any atom is 0.433 e. The Balaban J connectivity index is 1.40. The van der Waals surface area contributed by atoms with Crippen LogP contribution in [0.15, 0.2) is 54.7 Å². The van der Waals surface area contributed by atoms with Gasteiger partial charge in [-0.05, 0) is 31.2 Å². The summed E-state index contributed by atoms with van der Waals surface area (Å²) in [6, 6.07) is 13.0. The maximum absolute atomic E-state index is 12.7. The number of pyridine rings is 1. The number of aryl methyl sites for hydroxylation is 1. The Hall–Kier alpha value is -3.69. The van der Waals surface area contributed by atoms with Crippen molar-refractivity contribution in [1.29, 1.82) is 0 Å². The van der Waals surface area contributed by atoms with E-state index >= 15 is 0 Å². The van der Waals surface area contributed by atoms with Crippen molar-refractivity contribution in [1.82, 2.24) is 19.9 Å². The average Bonchev–Trinajstić information content (AvgIpc) is 2.78. The molecule has 10 heteroatoms. The van der Waals surface area contributed by atoms with E-state index in [1.807, 2.05) is 35.2 Å². The quantitative estimate of drug-likeness (QED) is 0.608. The molecule has 0 saturated carbocycles. The summed E-state index contributed by atoms with van der Waals surface area (Å²) in [4.78, 5) is 28.4. The Labute approximate surface area is 182 Å². The van der Waals surface area contributed by atoms with Crippen LogP contribution in [0.4, 0.5) is 19.0 Å². The third-order valence-electron chi connectivity index (χ3n) is 4.96. The van der Waals surface area contributed by atoms with Crippen LogP contribution < -0.4 is 9.64 Å². The molecule has 1 aliphatic rings. The van der Waals surface area contributed by atoms with Crippen molar-refractivity contribution in [3.8, 4) is 11.6 Å². The number of rotatable bonds is 4. The van der Waals surface area contributed by atoms with Gasteiger partial charge in [0.1, 0.15) is 23.1 Å². The molecule has 1 aliphatic heterocycles. The Morgan fingerprint density at radius 3 is 2.34 bits per heavy atom. The summed E-state index contributed by atoms with van der Waals surface area (Å²) in [7, 11) is 0. The highest BCUT2D eigenvalue weighted by molar-refractivity contribution is 5.94. The Morgan fingerprint density at radius 2 is 1.72 bits per heavy atom. The van der Waals surface area contributed by atoms with Crippen molar-refractivity contribution in [2.24, 2.45) is 0 Å². The highest BCUT2D eigenvalue weighted by Gasteiger charge is 2.32. The molecule has 166 valence electrons. The first-order valence-corrected chi connectivity index (χ1v) is 9.96. The van der Waals surface area contributed by atoms with Gasteiger partial charge in [-0.15, -0.1) is 0 Å². The molecule has 0 unspecified atom stereocenters. The van der Waals surface area contributed by atoms with Gasteiger partial charge >= 0.3 is 6.18 Å². The molecule has 3 aromatic rings. The van der Waals surface area contributed by atoms with Gasteiger partial charge in [0, 0.05) is 38.4 Å². The lowest BCUT2D eigenvalue weighted by atomic mass is 10.2. The van der Waals surface area contributed by atoms with Crippen LogP contribution in [0.2, 0.25) is 0 Å². The molecule has 0 bridgehead atoms. The summed E-state index contributed by atoms with van der Waals surface area (Å²) in [5.74, 6) is 1.98. The van der Waals surface area contributed by atoms with Gasteiger partial charge in [-0.25, -0.2) is 4.98 Å². The molecule has 0 N–H and O–H groups in total. The van der Waals surface area contributed by atoms with Crippen molar-refractivity contribution >= 4 is 11.7 Å². The van der Waals surface area contributed by atoms with Crippen molar-refractivity contribution in [3.63, 3.8) is 0 Å². The summed E-state index contributed by atoms with van der Waals surface area (Å²) in [6.45, 7) is 3.61. The molecule has 0 aliphatic carbocycles. The molecule has 2 aromatic heterocycles. The standard InChI is InChI=1S/C22H20F3N5O2/c1-15-27-19(13-20(28-15)32-17-5-3-2-4-6-17)29-9-11-30(12-10-29)21(31)16-7-8-18(26-14-16)22(23,24)25/h2-8,13-14H,9-12H2,1H3. The minimum atomic E-state index is -4.54. The molecule has 1 saturated heterocycles. The van der Waals surface area contributed by atoms with Crippen LogP contribution in [0, 0.1) is 6.92 Å². The molecular formula is C22H20F3N5O2. The molecule has 0 spiro atoms. The molecule has 32 heavy (non-hydrogen) atoms. The fourth-order valence-corrected chi connectivity index (χ4v) is 3.36. The second-order valence-corrected chi connectivity index (χ2v) is 7.24. The summed E-state index contributed by atoms with van der Waals surface area (Å²) in [6.07, 6.45) is -3.57. The number of halogens is 3. The fourth-order valence-electron chi connectivity index (χ4n) is 3.36. The number of amides is 1. The maximum atomic E-state index is 12.7. The molecule has 0 radical (unpaired) electrons. The smallest absolute Gasteiger partial charge is 0.433 e. The summed E-state index contributed by atoms with van der Waals surface area (Å²) in [5, 5.41) is 0. The second-order valence-electron chi connectivity index (χ2n) is 7.24. The number of ether oxygens (including phenoxy) is 1. The SMILES string of the molecule is Cc1nc(Oc2ccccc2)cc(N2CCN(C(=O)c3ccc(C(F)(F)F)nc3)CC2)n1. The van der Waals surface area contributed by atoms with E-state index in [4.69, 9.17) is 4.74 Å². The molecule has 3 heterocycles. The van der Waals surface area contributed by atoms with E-state index in [1.54, 1.807) is 17.9 Å². The van der Waals surface area contributed by atoms with Crippen LogP contribution in [0.1, 0.15) is 21.9 Å². The number of aromatic nitrogens is 3. The van der Waals surface area contributed by atoms with Gasteiger partial charge in [0.2, 0.25) is 5.88 Å². The Bertz CT molecular complexity index is 1080. The minimum Gasteiger partial charge on any atom is -0.439 e. The third-order valence-corrected chi connectivity index (χ3v) is 4.96. The molecule has 1 aromatic carbocycles. The van der Waals surface area contributed by atoms with Crippen LogP contribution >= 0.6 is 0 Å². The number of carbonyl (C=O) groups excluding carboxylic acids is 1. The first kappa shape index (κ1) is 21.5. The van der Waals surface area contributed by atoms with Gasteiger partial charge in [-0.2, -0.15) is 18.2 Å². The summed E-state index contributed by atoms with van der Waals surface area (Å²) >= 11 is 0. The van der Waals surface area contributed by atoms with E-state index in [-0.39, 0.29) is 11.5 Å². The number of carbonyl (C=O) groups is 1. The van der Waals surface area contributed by atoms with Gasteiger partial charge in [0.15, 0.2) is 0 Å². The van der Waals surface area contributed by atoms with E-state index < -0.39 is 11.9 Å². The first-order chi connectivity index (χ1) is 15.3. The predicted molar refractivity (Wildman–Crippen MR) is 111 cm³/mol. The lowest BCUT2D eigenvalue weighted by molar-refractivity contribution is -0.141.